The second-order valence-corrected chi connectivity index (χ2v) is 3.70. The molecule has 5 nitrogen and oxygen atoms in total. The molecule has 0 aliphatic rings. The third kappa shape index (κ3) is 1.39. The van der Waals surface area contributed by atoms with Crippen LogP contribution in [0.4, 0.5) is 0 Å². The number of hydrogen-bond donors (Lipinski definition) is 3. The molecule has 0 radical (unpaired) electrons. The predicted molar refractivity (Wildman–Crippen MR) is 57.5 cm³/mol. The third-order valence-electron chi connectivity index (χ3n) is 2.08. The maximum atomic E-state index is 11.5. The Morgan fingerprint density at radius 1 is 1.53 bits per heavy atom. The molecule has 0 aliphatic heterocycles. The molecule has 0 saturated heterocycles. The quantitative estimate of drug-likeness (QED) is 0.665. The fourth-order valence-electron chi connectivity index (χ4n) is 1.34. The van der Waals surface area contributed by atoms with E-state index in [-0.39, 0.29) is 11.3 Å². The largest absolute Gasteiger partial charge is 0.506 e. The molecule has 78 valence electrons. The molecule has 6 heteroatoms. The number of nitrogens with one attached hydrogen (secondary N) is 2. The molecule has 0 aromatic carbocycles. The molecule has 0 atom stereocenters. The number of thiophene rings is 1. The van der Waals surface area contributed by atoms with Gasteiger partial charge in [0.15, 0.2) is 0 Å². The van der Waals surface area contributed by atoms with Gasteiger partial charge in [0.25, 0.3) is 11.5 Å². The molecule has 0 saturated carbocycles. The van der Waals surface area contributed by atoms with Crippen molar-refractivity contribution in [2.75, 3.05) is 7.05 Å². The topological polar surface area (TPSA) is 82.2 Å². The van der Waals surface area contributed by atoms with E-state index in [4.69, 9.17) is 0 Å². The summed E-state index contributed by atoms with van der Waals surface area (Å²) in [5.41, 5.74) is -0.295. The van der Waals surface area contributed by atoms with Crippen LogP contribution >= 0.6 is 11.3 Å². The van der Waals surface area contributed by atoms with Crippen molar-refractivity contribution in [2.24, 2.45) is 0 Å². The summed E-state index contributed by atoms with van der Waals surface area (Å²) < 4.78 is 0. The van der Waals surface area contributed by atoms with Gasteiger partial charge in [-0.3, -0.25) is 9.59 Å². The molecular formula is C9H8N2O3S. The van der Waals surface area contributed by atoms with Crippen molar-refractivity contribution in [1.29, 1.82) is 0 Å². The SMILES string of the molecule is CNC(=O)c1c(O)c2cscc2[nH]c1=O. The summed E-state index contributed by atoms with van der Waals surface area (Å²) in [6.07, 6.45) is 0. The Balaban J connectivity index is 2.84. The number of H-pyrrole nitrogens is 1. The summed E-state index contributed by atoms with van der Waals surface area (Å²) >= 11 is 1.34. The zero-order chi connectivity index (χ0) is 11.0. The number of carbonyl (C=O) groups excluding carboxylic acids is 1. The van der Waals surface area contributed by atoms with Gasteiger partial charge in [0.05, 0.1) is 10.9 Å². The number of aromatic hydroxyl groups is 1. The summed E-state index contributed by atoms with van der Waals surface area (Å²) in [6.45, 7) is 0. The van der Waals surface area contributed by atoms with Gasteiger partial charge < -0.3 is 15.4 Å². The standard InChI is InChI=1S/C9H8N2O3S/c1-10-8(13)6-7(12)4-2-15-3-5(4)11-9(6)14/h2-3,12H,1H3,(H,10,13)(H,11,14). The molecule has 2 rings (SSSR count). The minimum absolute atomic E-state index is 0.247. The van der Waals surface area contributed by atoms with E-state index < -0.39 is 11.5 Å². The third-order valence-corrected chi connectivity index (χ3v) is 2.83. The van der Waals surface area contributed by atoms with Gasteiger partial charge in [0.2, 0.25) is 0 Å². The lowest BCUT2D eigenvalue weighted by Gasteiger charge is -2.02. The van der Waals surface area contributed by atoms with Crippen molar-refractivity contribution in [1.82, 2.24) is 10.3 Å². The Hall–Kier alpha value is -1.82. The van der Waals surface area contributed by atoms with Gasteiger partial charge in [0, 0.05) is 17.8 Å². The number of rotatable bonds is 1. The number of aromatic amines is 1. The van der Waals surface area contributed by atoms with Crippen molar-refractivity contribution >= 4 is 28.1 Å². The smallest absolute Gasteiger partial charge is 0.265 e. The first kappa shape index (κ1) is 9.72. The molecule has 0 unspecified atom stereocenters. The first-order valence-electron chi connectivity index (χ1n) is 4.18. The lowest BCUT2D eigenvalue weighted by molar-refractivity contribution is 0.0959. The zero-order valence-electron chi connectivity index (χ0n) is 7.83. The van der Waals surface area contributed by atoms with Crippen LogP contribution in [0, 0.1) is 0 Å². The summed E-state index contributed by atoms with van der Waals surface area (Å²) in [5, 5.41) is 15.9. The molecule has 15 heavy (non-hydrogen) atoms. The predicted octanol–water partition coefficient (Wildman–Crippen LogP) is 0.655. The molecule has 2 heterocycles. The van der Waals surface area contributed by atoms with Crippen LogP contribution < -0.4 is 10.9 Å². The number of amides is 1. The van der Waals surface area contributed by atoms with Gasteiger partial charge in [-0.25, -0.2) is 0 Å². The van der Waals surface area contributed by atoms with Crippen LogP contribution in [0.3, 0.4) is 0 Å². The van der Waals surface area contributed by atoms with Crippen LogP contribution in [0.15, 0.2) is 15.6 Å². The van der Waals surface area contributed by atoms with Crippen molar-refractivity contribution in [3.63, 3.8) is 0 Å². The molecule has 3 N–H and O–H groups in total. The van der Waals surface area contributed by atoms with Crippen LogP contribution in [0.2, 0.25) is 0 Å². The van der Waals surface area contributed by atoms with Gasteiger partial charge >= 0.3 is 0 Å². The number of aromatic nitrogens is 1. The minimum Gasteiger partial charge on any atom is -0.506 e. The van der Waals surface area contributed by atoms with E-state index in [9.17, 15) is 14.7 Å². The highest BCUT2D eigenvalue weighted by molar-refractivity contribution is 7.09. The molecule has 2 aromatic rings. The average Bonchev–Trinajstić information content (AvgIpc) is 2.65. The molecular weight excluding hydrogens is 216 g/mol. The maximum absolute atomic E-state index is 11.5. The van der Waals surface area contributed by atoms with E-state index in [0.29, 0.717) is 10.9 Å². The molecule has 1 amide bonds. The van der Waals surface area contributed by atoms with E-state index in [1.165, 1.54) is 18.4 Å². The Labute approximate surface area is 88.4 Å². The summed E-state index contributed by atoms with van der Waals surface area (Å²) in [5.74, 6) is -0.865. The van der Waals surface area contributed by atoms with Gasteiger partial charge in [-0.1, -0.05) is 0 Å². The van der Waals surface area contributed by atoms with Gasteiger partial charge in [-0.15, -0.1) is 11.3 Å². The van der Waals surface area contributed by atoms with Crippen molar-refractivity contribution in [2.45, 2.75) is 0 Å². The van der Waals surface area contributed by atoms with Gasteiger partial charge in [0.1, 0.15) is 11.3 Å². The van der Waals surface area contributed by atoms with Gasteiger partial charge in [-0.2, -0.15) is 0 Å². The number of fused-ring (bicyclic) bond motifs is 1. The lowest BCUT2D eigenvalue weighted by atomic mass is 10.2. The minimum atomic E-state index is -0.596. The highest BCUT2D eigenvalue weighted by Crippen LogP contribution is 2.27. The lowest BCUT2D eigenvalue weighted by Crippen LogP contribution is -2.26. The van der Waals surface area contributed by atoms with E-state index in [1.54, 1.807) is 10.8 Å². The molecule has 0 aliphatic carbocycles. The van der Waals surface area contributed by atoms with Crippen LogP contribution in [0.1, 0.15) is 10.4 Å². The Morgan fingerprint density at radius 2 is 2.27 bits per heavy atom. The van der Waals surface area contributed by atoms with E-state index in [0.717, 1.165) is 0 Å². The van der Waals surface area contributed by atoms with E-state index in [2.05, 4.69) is 10.3 Å². The molecule has 2 aromatic heterocycles. The second kappa shape index (κ2) is 3.39. The Morgan fingerprint density at radius 3 is 2.93 bits per heavy atom. The first-order valence-corrected chi connectivity index (χ1v) is 5.12. The van der Waals surface area contributed by atoms with Crippen molar-refractivity contribution in [3.8, 4) is 5.75 Å². The van der Waals surface area contributed by atoms with Crippen LogP contribution in [-0.2, 0) is 0 Å². The van der Waals surface area contributed by atoms with Gasteiger partial charge in [-0.05, 0) is 0 Å². The highest BCUT2D eigenvalue weighted by Gasteiger charge is 2.17. The van der Waals surface area contributed by atoms with E-state index in [1.807, 2.05) is 0 Å². The summed E-state index contributed by atoms with van der Waals surface area (Å²) in [4.78, 5) is 25.3. The average molecular weight is 224 g/mol. The number of carbonyl (C=O) groups is 1. The number of hydrogen-bond acceptors (Lipinski definition) is 4. The molecule has 0 spiro atoms. The zero-order valence-corrected chi connectivity index (χ0v) is 8.64. The summed E-state index contributed by atoms with van der Waals surface area (Å²) in [7, 11) is 1.40. The molecule has 0 fully saturated rings. The first-order chi connectivity index (χ1) is 7.15. The van der Waals surface area contributed by atoms with Crippen LogP contribution in [0.25, 0.3) is 10.9 Å². The van der Waals surface area contributed by atoms with Crippen LogP contribution in [-0.4, -0.2) is 23.0 Å². The van der Waals surface area contributed by atoms with Crippen molar-refractivity contribution in [3.05, 3.63) is 26.7 Å². The highest BCUT2D eigenvalue weighted by atomic mass is 32.1. The fraction of sp³-hybridized carbons (Fsp3) is 0.111. The second-order valence-electron chi connectivity index (χ2n) is 2.96. The van der Waals surface area contributed by atoms with E-state index >= 15 is 0 Å². The van der Waals surface area contributed by atoms with Crippen molar-refractivity contribution < 1.29 is 9.90 Å². The molecule has 0 bridgehead atoms. The monoisotopic (exact) mass is 224 g/mol. The normalized spacial score (nSPS) is 10.5. The van der Waals surface area contributed by atoms with Crippen LogP contribution in [0.5, 0.6) is 5.75 Å². The number of pyridine rings is 1. The summed E-state index contributed by atoms with van der Waals surface area (Å²) in [6, 6.07) is 0. The fourth-order valence-corrected chi connectivity index (χ4v) is 2.10. The maximum Gasteiger partial charge on any atom is 0.265 e. The Bertz CT molecular complexity index is 585. The Kier molecular flexibility index (Phi) is 2.20.